The zero-order chi connectivity index (χ0) is 18.1. The summed E-state index contributed by atoms with van der Waals surface area (Å²) in [6.45, 7) is 0.744. The van der Waals surface area contributed by atoms with Gasteiger partial charge < -0.3 is 9.64 Å². The minimum atomic E-state index is -0.473. The molecule has 4 rings (SSSR count). The van der Waals surface area contributed by atoms with Crippen molar-refractivity contribution in [3.8, 4) is 0 Å². The maximum atomic E-state index is 12.1. The van der Waals surface area contributed by atoms with E-state index in [0.717, 1.165) is 28.7 Å². The van der Waals surface area contributed by atoms with Crippen LogP contribution in [0.3, 0.4) is 0 Å². The Morgan fingerprint density at radius 3 is 2.62 bits per heavy atom. The lowest BCUT2D eigenvalue weighted by molar-refractivity contribution is -0.130. The van der Waals surface area contributed by atoms with E-state index in [9.17, 15) is 9.59 Å². The van der Waals surface area contributed by atoms with Crippen molar-refractivity contribution in [2.75, 3.05) is 11.4 Å². The Morgan fingerprint density at radius 2 is 1.92 bits per heavy atom. The van der Waals surface area contributed by atoms with E-state index in [1.807, 2.05) is 48.5 Å². The molecule has 0 radical (unpaired) electrons. The van der Waals surface area contributed by atoms with Gasteiger partial charge in [-0.3, -0.25) is 4.79 Å². The molecule has 1 saturated heterocycles. The van der Waals surface area contributed by atoms with E-state index in [1.54, 1.807) is 11.0 Å². The van der Waals surface area contributed by atoms with E-state index in [4.69, 9.17) is 4.74 Å². The Labute approximate surface area is 159 Å². The lowest BCUT2D eigenvalue weighted by atomic mass is 10.2. The summed E-state index contributed by atoms with van der Waals surface area (Å²) in [5.74, 6) is -0.0593. The van der Waals surface area contributed by atoms with E-state index < -0.39 is 5.97 Å². The van der Waals surface area contributed by atoms with Gasteiger partial charge in [0, 0.05) is 28.7 Å². The van der Waals surface area contributed by atoms with Crippen LogP contribution in [0.2, 0.25) is 0 Å². The number of hydrogen-bond donors (Lipinski definition) is 0. The number of hydrogen-bond acceptors (Lipinski definition) is 4. The quantitative estimate of drug-likeness (QED) is 0.568. The Bertz CT molecular complexity index is 948. The topological polar surface area (TPSA) is 59.0 Å². The smallest absolute Gasteiger partial charge is 0.363 e. The second-order valence-electron chi connectivity index (χ2n) is 6.09. The van der Waals surface area contributed by atoms with E-state index in [-0.39, 0.29) is 17.5 Å². The molecule has 0 saturated carbocycles. The fourth-order valence-corrected chi connectivity index (χ4v) is 3.41. The highest BCUT2D eigenvalue weighted by Crippen LogP contribution is 2.24. The molecule has 1 fully saturated rings. The molecule has 1 amide bonds. The van der Waals surface area contributed by atoms with Crippen molar-refractivity contribution in [1.29, 1.82) is 0 Å². The second kappa shape index (κ2) is 6.88. The molecule has 0 aromatic heterocycles. The minimum absolute atomic E-state index is 0.140. The molecule has 6 heteroatoms. The lowest BCUT2D eigenvalue weighted by Gasteiger charge is -2.15. The SMILES string of the molecule is O=C1OC(c2ccc(N3CCCC3=O)cc2)=N/C1=C\c1cccc(Br)c1. The van der Waals surface area contributed by atoms with Gasteiger partial charge in [0.2, 0.25) is 11.8 Å². The van der Waals surface area contributed by atoms with Crippen molar-refractivity contribution >= 4 is 45.5 Å². The van der Waals surface area contributed by atoms with Crippen LogP contribution in [0.15, 0.2) is 63.7 Å². The highest BCUT2D eigenvalue weighted by molar-refractivity contribution is 9.10. The number of halogens is 1. The van der Waals surface area contributed by atoms with Gasteiger partial charge in [0.1, 0.15) is 0 Å². The zero-order valence-electron chi connectivity index (χ0n) is 13.8. The Hall–Kier alpha value is -2.73. The van der Waals surface area contributed by atoms with Gasteiger partial charge in [-0.1, -0.05) is 28.1 Å². The van der Waals surface area contributed by atoms with Crippen LogP contribution in [-0.4, -0.2) is 24.3 Å². The molecular weight excluding hydrogens is 396 g/mol. The number of anilines is 1. The first-order valence-electron chi connectivity index (χ1n) is 8.29. The van der Waals surface area contributed by atoms with Crippen molar-refractivity contribution in [2.24, 2.45) is 4.99 Å². The van der Waals surface area contributed by atoms with Crippen molar-refractivity contribution in [2.45, 2.75) is 12.8 Å². The van der Waals surface area contributed by atoms with Gasteiger partial charge in [-0.15, -0.1) is 0 Å². The van der Waals surface area contributed by atoms with Gasteiger partial charge in [0.05, 0.1) is 0 Å². The average Bonchev–Trinajstić information content (AvgIpc) is 3.21. The summed E-state index contributed by atoms with van der Waals surface area (Å²) in [5, 5.41) is 0. The number of aliphatic imine (C=N–C) groups is 1. The molecule has 130 valence electrons. The molecule has 2 aromatic carbocycles. The molecule has 0 aliphatic carbocycles. The molecule has 2 aliphatic rings. The lowest BCUT2D eigenvalue weighted by Crippen LogP contribution is -2.23. The highest BCUT2D eigenvalue weighted by atomic mass is 79.9. The average molecular weight is 411 g/mol. The van der Waals surface area contributed by atoms with E-state index in [2.05, 4.69) is 20.9 Å². The molecule has 0 bridgehead atoms. The summed E-state index contributed by atoms with van der Waals surface area (Å²) in [6.07, 6.45) is 3.17. The monoisotopic (exact) mass is 410 g/mol. The molecule has 2 aliphatic heterocycles. The van der Waals surface area contributed by atoms with Crippen LogP contribution >= 0.6 is 15.9 Å². The van der Waals surface area contributed by atoms with Crippen molar-refractivity contribution in [3.05, 3.63) is 69.8 Å². The van der Waals surface area contributed by atoms with E-state index >= 15 is 0 Å². The van der Waals surface area contributed by atoms with E-state index in [1.165, 1.54) is 0 Å². The van der Waals surface area contributed by atoms with Gasteiger partial charge in [0.15, 0.2) is 5.70 Å². The Morgan fingerprint density at radius 1 is 1.12 bits per heavy atom. The summed E-state index contributed by atoms with van der Waals surface area (Å²) in [6, 6.07) is 14.9. The number of rotatable bonds is 3. The van der Waals surface area contributed by atoms with Crippen LogP contribution in [-0.2, 0) is 14.3 Å². The number of nitrogens with zero attached hydrogens (tertiary/aromatic N) is 2. The first-order chi connectivity index (χ1) is 12.6. The number of amides is 1. The summed E-state index contributed by atoms with van der Waals surface area (Å²) < 4.78 is 6.22. The number of carbonyl (C=O) groups is 2. The number of benzene rings is 2. The first-order valence-corrected chi connectivity index (χ1v) is 9.08. The molecule has 2 heterocycles. The normalized spacial score (nSPS) is 18.4. The third-order valence-electron chi connectivity index (χ3n) is 4.27. The van der Waals surface area contributed by atoms with Gasteiger partial charge >= 0.3 is 5.97 Å². The fraction of sp³-hybridized carbons (Fsp3) is 0.150. The number of cyclic esters (lactones) is 1. The maximum Gasteiger partial charge on any atom is 0.363 e. The van der Waals surface area contributed by atoms with Crippen LogP contribution in [0, 0.1) is 0 Å². The predicted molar refractivity (Wildman–Crippen MR) is 103 cm³/mol. The third kappa shape index (κ3) is 3.32. The number of carbonyl (C=O) groups excluding carboxylic acids is 2. The number of ether oxygens (including phenoxy) is 1. The largest absolute Gasteiger partial charge is 0.402 e. The van der Waals surface area contributed by atoms with Gasteiger partial charge in [-0.25, -0.2) is 9.79 Å². The standard InChI is InChI=1S/C20H15BrN2O3/c21-15-4-1-3-13(11-15)12-17-20(25)26-19(22-17)14-6-8-16(9-7-14)23-10-2-5-18(23)24/h1,3-4,6-9,11-12H,2,5,10H2/b17-12-. The third-order valence-corrected chi connectivity index (χ3v) is 4.77. The molecule has 0 spiro atoms. The van der Waals surface area contributed by atoms with Crippen molar-refractivity contribution in [3.63, 3.8) is 0 Å². The Balaban J connectivity index is 1.58. The first kappa shape index (κ1) is 16.7. The summed E-state index contributed by atoms with van der Waals surface area (Å²) >= 11 is 3.40. The molecule has 26 heavy (non-hydrogen) atoms. The van der Waals surface area contributed by atoms with Crippen LogP contribution in [0.25, 0.3) is 6.08 Å². The summed E-state index contributed by atoms with van der Waals surface area (Å²) in [4.78, 5) is 30.0. The fourth-order valence-electron chi connectivity index (χ4n) is 2.99. The predicted octanol–water partition coefficient (Wildman–Crippen LogP) is 3.92. The molecule has 5 nitrogen and oxygen atoms in total. The summed E-state index contributed by atoms with van der Waals surface area (Å²) in [5.41, 5.74) is 2.67. The zero-order valence-corrected chi connectivity index (χ0v) is 15.4. The van der Waals surface area contributed by atoms with Crippen LogP contribution in [0.4, 0.5) is 5.69 Å². The molecule has 2 aromatic rings. The number of esters is 1. The van der Waals surface area contributed by atoms with Crippen LogP contribution in [0.1, 0.15) is 24.0 Å². The van der Waals surface area contributed by atoms with Gasteiger partial charge in [-0.2, -0.15) is 0 Å². The van der Waals surface area contributed by atoms with E-state index in [0.29, 0.717) is 12.0 Å². The minimum Gasteiger partial charge on any atom is -0.402 e. The highest BCUT2D eigenvalue weighted by Gasteiger charge is 2.25. The van der Waals surface area contributed by atoms with Crippen molar-refractivity contribution in [1.82, 2.24) is 0 Å². The summed E-state index contributed by atoms with van der Waals surface area (Å²) in [7, 11) is 0. The molecular formula is C20H15BrN2O3. The van der Waals surface area contributed by atoms with Crippen molar-refractivity contribution < 1.29 is 14.3 Å². The Kier molecular flexibility index (Phi) is 4.42. The molecule has 0 atom stereocenters. The molecule has 0 unspecified atom stereocenters. The van der Waals surface area contributed by atoms with Crippen LogP contribution < -0.4 is 4.90 Å². The second-order valence-corrected chi connectivity index (χ2v) is 7.00. The molecule has 0 N–H and O–H groups in total. The van der Waals surface area contributed by atoms with Crippen LogP contribution in [0.5, 0.6) is 0 Å². The maximum absolute atomic E-state index is 12.1. The van der Waals surface area contributed by atoms with Gasteiger partial charge in [-0.05, 0) is 54.5 Å². The van der Waals surface area contributed by atoms with Gasteiger partial charge in [0.25, 0.3) is 0 Å².